The van der Waals surface area contributed by atoms with Gasteiger partial charge in [-0.1, -0.05) is 66.2 Å². The number of carbonyl (C=O) groups is 2. The van der Waals surface area contributed by atoms with Gasteiger partial charge in [0.15, 0.2) is 5.78 Å². The monoisotopic (exact) mass is 424 g/mol. The van der Waals surface area contributed by atoms with Gasteiger partial charge in [0.25, 0.3) is 0 Å². The fourth-order valence-corrected chi connectivity index (χ4v) is 4.18. The largest absolute Gasteiger partial charge is 0.481 e. The number of thioether (sulfide) groups is 1. The van der Waals surface area contributed by atoms with Crippen LogP contribution in [0.15, 0.2) is 83.8 Å². The predicted octanol–water partition coefficient (Wildman–Crippen LogP) is 6.46. The molecule has 0 bridgehead atoms. The van der Waals surface area contributed by atoms with E-state index in [9.17, 15) is 14.7 Å². The zero-order valence-electron chi connectivity index (χ0n) is 15.8. The van der Waals surface area contributed by atoms with Gasteiger partial charge < -0.3 is 5.11 Å². The first-order valence-corrected chi connectivity index (χ1v) is 10.7. The van der Waals surface area contributed by atoms with Crippen LogP contribution in [-0.2, 0) is 4.79 Å². The fraction of sp³-hybridized carbons (Fsp3) is 0.167. The summed E-state index contributed by atoms with van der Waals surface area (Å²) in [7, 11) is 0. The number of carboxylic acid groups (broad SMARTS) is 1. The third-order valence-corrected chi connectivity index (χ3v) is 6.05. The second kappa shape index (κ2) is 10.3. The molecule has 3 aromatic carbocycles. The molecule has 148 valence electrons. The van der Waals surface area contributed by atoms with Crippen molar-refractivity contribution in [2.24, 2.45) is 5.92 Å². The maximum Gasteiger partial charge on any atom is 0.303 e. The van der Waals surface area contributed by atoms with E-state index in [0.29, 0.717) is 16.3 Å². The lowest BCUT2D eigenvalue weighted by Crippen LogP contribution is -2.15. The average Bonchev–Trinajstić information content (AvgIpc) is 2.73. The number of aliphatic carboxylic acids is 1. The van der Waals surface area contributed by atoms with Gasteiger partial charge in [-0.3, -0.25) is 9.59 Å². The van der Waals surface area contributed by atoms with Crippen LogP contribution in [0.2, 0.25) is 5.02 Å². The Bertz CT molecular complexity index is 954. The summed E-state index contributed by atoms with van der Waals surface area (Å²) in [6.07, 6.45) is 0.195. The molecular weight excluding hydrogens is 404 g/mol. The van der Waals surface area contributed by atoms with E-state index in [-0.39, 0.29) is 24.5 Å². The van der Waals surface area contributed by atoms with Crippen molar-refractivity contribution in [2.75, 3.05) is 5.75 Å². The van der Waals surface area contributed by atoms with Gasteiger partial charge in [0.1, 0.15) is 0 Å². The molecule has 0 fully saturated rings. The highest BCUT2D eigenvalue weighted by molar-refractivity contribution is 7.99. The molecule has 1 N–H and O–H groups in total. The molecule has 0 heterocycles. The summed E-state index contributed by atoms with van der Waals surface area (Å²) in [5.41, 5.74) is 2.62. The van der Waals surface area contributed by atoms with Crippen LogP contribution in [0.3, 0.4) is 0 Å². The lowest BCUT2D eigenvalue weighted by atomic mass is 9.95. The Hall–Kier alpha value is -2.56. The van der Waals surface area contributed by atoms with Gasteiger partial charge in [0, 0.05) is 34.1 Å². The summed E-state index contributed by atoms with van der Waals surface area (Å²) in [6, 6.07) is 24.7. The molecule has 0 aromatic heterocycles. The third-order valence-electron chi connectivity index (χ3n) is 4.55. The Morgan fingerprint density at radius 1 is 0.828 bits per heavy atom. The summed E-state index contributed by atoms with van der Waals surface area (Å²) in [6.45, 7) is 0. The molecule has 3 aromatic rings. The molecule has 0 saturated carbocycles. The van der Waals surface area contributed by atoms with Crippen LogP contribution < -0.4 is 0 Å². The highest BCUT2D eigenvalue weighted by Crippen LogP contribution is 2.26. The number of carboxylic acids is 1. The Morgan fingerprint density at radius 2 is 1.41 bits per heavy atom. The van der Waals surface area contributed by atoms with Gasteiger partial charge in [-0.15, -0.1) is 11.8 Å². The Morgan fingerprint density at radius 3 is 2.00 bits per heavy atom. The van der Waals surface area contributed by atoms with Crippen molar-refractivity contribution in [3.63, 3.8) is 0 Å². The van der Waals surface area contributed by atoms with Crippen LogP contribution in [-0.4, -0.2) is 22.6 Å². The highest BCUT2D eigenvalue weighted by atomic mass is 35.5. The minimum atomic E-state index is -0.880. The van der Waals surface area contributed by atoms with Crippen LogP contribution in [0, 0.1) is 5.92 Å². The molecule has 0 saturated heterocycles. The number of halogens is 1. The molecule has 0 aliphatic rings. The zero-order chi connectivity index (χ0) is 20.6. The molecule has 29 heavy (non-hydrogen) atoms. The maximum absolute atomic E-state index is 12.7. The van der Waals surface area contributed by atoms with Crippen LogP contribution in [0.5, 0.6) is 0 Å². The van der Waals surface area contributed by atoms with Gasteiger partial charge in [-0.05, 0) is 41.3 Å². The van der Waals surface area contributed by atoms with Gasteiger partial charge >= 0.3 is 5.97 Å². The molecule has 0 unspecified atom stereocenters. The highest BCUT2D eigenvalue weighted by Gasteiger charge is 2.19. The molecule has 0 aliphatic carbocycles. The number of Topliss-reactive ketones (excluding diaryl/α,β-unsaturated/α-hetero) is 1. The lowest BCUT2D eigenvalue weighted by molar-refractivity contribution is -0.137. The topological polar surface area (TPSA) is 54.4 Å². The molecule has 0 aliphatic heterocycles. The summed E-state index contributed by atoms with van der Waals surface area (Å²) < 4.78 is 0. The predicted molar refractivity (Wildman–Crippen MR) is 119 cm³/mol. The second-order valence-corrected chi connectivity index (χ2v) is 8.33. The normalized spacial score (nSPS) is 11.8. The van der Waals surface area contributed by atoms with Gasteiger partial charge in [-0.2, -0.15) is 0 Å². The van der Waals surface area contributed by atoms with Crippen LogP contribution in [0.1, 0.15) is 23.2 Å². The van der Waals surface area contributed by atoms with Crippen molar-refractivity contribution < 1.29 is 14.7 Å². The van der Waals surface area contributed by atoms with E-state index in [4.69, 9.17) is 11.6 Å². The standard InChI is InChI=1S/C24H21ClO3S/c25-21-12-10-19(11-13-21)18-6-8-20(9-7-18)23(26)14-17(15-24(27)28)16-29-22-4-2-1-3-5-22/h1-13,17H,14-16H2,(H,27,28)/t17-/m0/s1. The third kappa shape index (κ3) is 6.48. The van der Waals surface area contributed by atoms with Crippen molar-refractivity contribution in [2.45, 2.75) is 17.7 Å². The molecule has 3 nitrogen and oxygen atoms in total. The van der Waals surface area contributed by atoms with E-state index in [1.165, 1.54) is 0 Å². The van der Waals surface area contributed by atoms with Gasteiger partial charge in [0.2, 0.25) is 0 Å². The average molecular weight is 425 g/mol. The summed E-state index contributed by atoms with van der Waals surface area (Å²) in [5.74, 6) is -0.548. The lowest BCUT2D eigenvalue weighted by Gasteiger charge is -2.14. The molecular formula is C24H21ClO3S. The Kier molecular flexibility index (Phi) is 7.50. The number of carbonyl (C=O) groups excluding carboxylic acids is 1. The fourth-order valence-electron chi connectivity index (χ4n) is 3.04. The molecule has 0 spiro atoms. The molecule has 5 heteroatoms. The van der Waals surface area contributed by atoms with Gasteiger partial charge in [-0.25, -0.2) is 0 Å². The van der Waals surface area contributed by atoms with E-state index in [0.717, 1.165) is 16.0 Å². The number of hydrogen-bond donors (Lipinski definition) is 1. The van der Waals surface area contributed by atoms with E-state index in [1.54, 1.807) is 23.9 Å². The number of ketones is 1. The second-order valence-electron chi connectivity index (χ2n) is 6.80. The maximum atomic E-state index is 12.7. The Labute approximate surface area is 179 Å². The quantitative estimate of drug-likeness (QED) is 0.316. The van der Waals surface area contributed by atoms with Crippen molar-refractivity contribution in [3.8, 4) is 11.1 Å². The van der Waals surface area contributed by atoms with Gasteiger partial charge in [0.05, 0.1) is 0 Å². The number of benzene rings is 3. The SMILES string of the molecule is O=C(O)C[C@@H](CSc1ccccc1)CC(=O)c1ccc(-c2ccc(Cl)cc2)cc1. The number of hydrogen-bond acceptors (Lipinski definition) is 3. The summed E-state index contributed by atoms with van der Waals surface area (Å²) in [5, 5.41) is 9.90. The molecule has 0 amide bonds. The molecule has 0 radical (unpaired) electrons. The minimum absolute atomic E-state index is 0.0194. The first-order valence-electron chi connectivity index (χ1n) is 9.30. The smallest absolute Gasteiger partial charge is 0.303 e. The first kappa shape index (κ1) is 21.2. The molecule has 3 rings (SSSR count). The summed E-state index contributed by atoms with van der Waals surface area (Å²) in [4.78, 5) is 25.0. The minimum Gasteiger partial charge on any atom is -0.481 e. The van der Waals surface area contributed by atoms with Crippen LogP contribution in [0.25, 0.3) is 11.1 Å². The van der Waals surface area contributed by atoms with E-state index in [2.05, 4.69) is 0 Å². The van der Waals surface area contributed by atoms with Crippen molar-refractivity contribution in [1.29, 1.82) is 0 Å². The van der Waals surface area contributed by atoms with E-state index in [1.807, 2.05) is 66.7 Å². The first-order chi connectivity index (χ1) is 14.0. The van der Waals surface area contributed by atoms with Crippen LogP contribution >= 0.6 is 23.4 Å². The van der Waals surface area contributed by atoms with Crippen molar-refractivity contribution >= 4 is 35.1 Å². The summed E-state index contributed by atoms with van der Waals surface area (Å²) >= 11 is 7.51. The van der Waals surface area contributed by atoms with E-state index >= 15 is 0 Å². The zero-order valence-corrected chi connectivity index (χ0v) is 17.3. The Balaban J connectivity index is 1.65. The number of rotatable bonds is 9. The van der Waals surface area contributed by atoms with Crippen molar-refractivity contribution in [1.82, 2.24) is 0 Å². The van der Waals surface area contributed by atoms with Crippen LogP contribution in [0.4, 0.5) is 0 Å². The van der Waals surface area contributed by atoms with E-state index < -0.39 is 5.97 Å². The van der Waals surface area contributed by atoms with Crippen molar-refractivity contribution in [3.05, 3.63) is 89.4 Å². The molecule has 1 atom stereocenters.